The maximum absolute atomic E-state index is 11.8. The first-order chi connectivity index (χ1) is 8.65. The standard InChI is InChI=1S/C14H22O4/c1-4-7-13(15)12(8-5-6-11-17-2)9-10-14(16)18-3/h12H,5-6,8-11H2,1-3H3. The Kier molecular flexibility index (Phi) is 9.99. The van der Waals surface area contributed by atoms with Crippen molar-refractivity contribution < 1.29 is 19.1 Å². The molecule has 0 heterocycles. The molecule has 18 heavy (non-hydrogen) atoms. The van der Waals surface area contributed by atoms with Crippen LogP contribution < -0.4 is 0 Å². The normalized spacial score (nSPS) is 11.3. The molecule has 0 aliphatic rings. The molecule has 102 valence electrons. The van der Waals surface area contributed by atoms with Gasteiger partial charge in [0.25, 0.3) is 0 Å². The second kappa shape index (κ2) is 10.8. The first-order valence-electron chi connectivity index (χ1n) is 6.18. The van der Waals surface area contributed by atoms with E-state index < -0.39 is 0 Å². The number of rotatable bonds is 9. The lowest BCUT2D eigenvalue weighted by Crippen LogP contribution is -2.15. The van der Waals surface area contributed by atoms with Crippen LogP contribution in [-0.4, -0.2) is 32.6 Å². The van der Waals surface area contributed by atoms with Gasteiger partial charge >= 0.3 is 5.97 Å². The zero-order valence-electron chi connectivity index (χ0n) is 11.5. The van der Waals surface area contributed by atoms with Gasteiger partial charge in [0.2, 0.25) is 5.78 Å². The average Bonchev–Trinajstić information content (AvgIpc) is 2.37. The van der Waals surface area contributed by atoms with Crippen molar-refractivity contribution >= 4 is 11.8 Å². The minimum atomic E-state index is -0.283. The summed E-state index contributed by atoms with van der Waals surface area (Å²) in [5.41, 5.74) is 0. The highest BCUT2D eigenvalue weighted by atomic mass is 16.5. The Labute approximate surface area is 109 Å². The Morgan fingerprint density at radius 2 is 1.89 bits per heavy atom. The van der Waals surface area contributed by atoms with E-state index in [1.807, 2.05) is 0 Å². The smallest absolute Gasteiger partial charge is 0.305 e. The quantitative estimate of drug-likeness (QED) is 0.273. The third-order valence-corrected chi connectivity index (χ3v) is 2.69. The van der Waals surface area contributed by atoms with E-state index in [2.05, 4.69) is 16.6 Å². The van der Waals surface area contributed by atoms with Gasteiger partial charge in [0, 0.05) is 26.1 Å². The highest BCUT2D eigenvalue weighted by Gasteiger charge is 2.17. The molecule has 0 rings (SSSR count). The van der Waals surface area contributed by atoms with Gasteiger partial charge in [0.05, 0.1) is 7.11 Å². The van der Waals surface area contributed by atoms with Gasteiger partial charge in [-0.2, -0.15) is 0 Å². The highest BCUT2D eigenvalue weighted by Crippen LogP contribution is 2.16. The summed E-state index contributed by atoms with van der Waals surface area (Å²) in [5, 5.41) is 0. The SMILES string of the molecule is CC#CC(=O)C(CCCCOC)CCC(=O)OC. The van der Waals surface area contributed by atoms with Crippen LogP contribution in [0.1, 0.15) is 39.0 Å². The van der Waals surface area contributed by atoms with E-state index >= 15 is 0 Å². The van der Waals surface area contributed by atoms with Gasteiger partial charge < -0.3 is 9.47 Å². The zero-order chi connectivity index (χ0) is 13.8. The summed E-state index contributed by atoms with van der Waals surface area (Å²) < 4.78 is 9.54. The summed E-state index contributed by atoms with van der Waals surface area (Å²) in [5.74, 6) is 4.63. The first-order valence-corrected chi connectivity index (χ1v) is 6.18. The molecule has 0 N–H and O–H groups in total. The highest BCUT2D eigenvalue weighted by molar-refractivity contribution is 5.97. The number of ketones is 1. The van der Waals surface area contributed by atoms with E-state index in [9.17, 15) is 9.59 Å². The molecule has 0 radical (unpaired) electrons. The number of carbonyl (C=O) groups is 2. The third kappa shape index (κ3) is 7.86. The van der Waals surface area contributed by atoms with Crippen molar-refractivity contribution in [2.75, 3.05) is 20.8 Å². The maximum Gasteiger partial charge on any atom is 0.305 e. The fourth-order valence-corrected chi connectivity index (χ4v) is 1.66. The van der Waals surface area contributed by atoms with E-state index in [0.717, 1.165) is 19.3 Å². The Hall–Kier alpha value is -1.34. The average molecular weight is 254 g/mol. The van der Waals surface area contributed by atoms with Crippen LogP contribution in [0.25, 0.3) is 0 Å². The fourth-order valence-electron chi connectivity index (χ4n) is 1.66. The predicted molar refractivity (Wildman–Crippen MR) is 68.9 cm³/mol. The van der Waals surface area contributed by atoms with Gasteiger partial charge in [-0.15, -0.1) is 0 Å². The van der Waals surface area contributed by atoms with Gasteiger partial charge in [-0.05, 0) is 32.1 Å². The number of ether oxygens (including phenoxy) is 2. The lowest BCUT2D eigenvalue weighted by Gasteiger charge is -2.11. The maximum atomic E-state index is 11.8. The van der Waals surface area contributed by atoms with Crippen molar-refractivity contribution in [2.45, 2.75) is 39.0 Å². The molecule has 1 atom stereocenters. The second-order valence-corrected chi connectivity index (χ2v) is 4.04. The molecule has 1 unspecified atom stereocenters. The minimum absolute atomic E-state index is 0.0844. The summed E-state index contributed by atoms with van der Waals surface area (Å²) in [6.45, 7) is 2.33. The summed E-state index contributed by atoms with van der Waals surface area (Å²) in [6.07, 6.45) is 3.33. The van der Waals surface area contributed by atoms with Gasteiger partial charge in [-0.25, -0.2) is 0 Å². The summed E-state index contributed by atoms with van der Waals surface area (Å²) in [6, 6.07) is 0. The van der Waals surface area contributed by atoms with E-state index in [1.165, 1.54) is 7.11 Å². The molecular weight excluding hydrogens is 232 g/mol. The largest absolute Gasteiger partial charge is 0.469 e. The van der Waals surface area contributed by atoms with Crippen LogP contribution >= 0.6 is 0 Å². The second-order valence-electron chi connectivity index (χ2n) is 4.04. The van der Waals surface area contributed by atoms with Crippen LogP contribution in [0.5, 0.6) is 0 Å². The molecule has 4 nitrogen and oxygen atoms in total. The van der Waals surface area contributed by atoms with Gasteiger partial charge in [0.15, 0.2) is 0 Å². The molecule has 0 aliphatic heterocycles. The fraction of sp³-hybridized carbons (Fsp3) is 0.714. The van der Waals surface area contributed by atoms with E-state index in [-0.39, 0.29) is 24.1 Å². The minimum Gasteiger partial charge on any atom is -0.469 e. The van der Waals surface area contributed by atoms with E-state index in [1.54, 1.807) is 14.0 Å². The van der Waals surface area contributed by atoms with Crippen LogP contribution in [0.4, 0.5) is 0 Å². The predicted octanol–water partition coefficient (Wildman–Crippen LogP) is 1.96. The lowest BCUT2D eigenvalue weighted by molar-refractivity contribution is -0.141. The van der Waals surface area contributed by atoms with Crippen molar-refractivity contribution in [2.24, 2.45) is 5.92 Å². The Morgan fingerprint density at radius 1 is 1.17 bits per heavy atom. The van der Waals surface area contributed by atoms with Crippen molar-refractivity contribution in [3.8, 4) is 11.8 Å². The Morgan fingerprint density at radius 3 is 2.44 bits per heavy atom. The Bertz CT molecular complexity index is 311. The molecule has 0 bridgehead atoms. The van der Waals surface area contributed by atoms with Crippen LogP contribution in [0.2, 0.25) is 0 Å². The van der Waals surface area contributed by atoms with Crippen LogP contribution in [0.15, 0.2) is 0 Å². The van der Waals surface area contributed by atoms with Crippen LogP contribution in [0.3, 0.4) is 0 Å². The topological polar surface area (TPSA) is 52.6 Å². The summed E-state index contributed by atoms with van der Waals surface area (Å²) in [4.78, 5) is 22.8. The van der Waals surface area contributed by atoms with Gasteiger partial charge in [-0.1, -0.05) is 12.3 Å². The first kappa shape index (κ1) is 16.7. The molecule has 0 aliphatic carbocycles. The number of esters is 1. The van der Waals surface area contributed by atoms with E-state index in [0.29, 0.717) is 13.0 Å². The van der Waals surface area contributed by atoms with Crippen molar-refractivity contribution in [3.05, 3.63) is 0 Å². The Balaban J connectivity index is 4.19. The van der Waals surface area contributed by atoms with Gasteiger partial charge in [0.1, 0.15) is 0 Å². The number of carbonyl (C=O) groups excluding carboxylic acids is 2. The van der Waals surface area contributed by atoms with Crippen molar-refractivity contribution in [1.82, 2.24) is 0 Å². The number of Topliss-reactive ketones (excluding diaryl/α,β-unsaturated/α-hetero) is 1. The van der Waals surface area contributed by atoms with Crippen molar-refractivity contribution in [1.29, 1.82) is 0 Å². The zero-order valence-corrected chi connectivity index (χ0v) is 11.5. The number of hydrogen-bond donors (Lipinski definition) is 0. The molecule has 0 saturated carbocycles. The number of hydrogen-bond acceptors (Lipinski definition) is 4. The van der Waals surface area contributed by atoms with Crippen LogP contribution in [0, 0.1) is 17.8 Å². The molecular formula is C14H22O4. The molecule has 4 heteroatoms. The third-order valence-electron chi connectivity index (χ3n) is 2.69. The number of methoxy groups -OCH3 is 2. The lowest BCUT2D eigenvalue weighted by atomic mass is 9.92. The van der Waals surface area contributed by atoms with E-state index in [4.69, 9.17) is 4.74 Å². The molecule has 0 spiro atoms. The molecule has 0 aromatic heterocycles. The van der Waals surface area contributed by atoms with Crippen LogP contribution in [-0.2, 0) is 19.1 Å². The molecule has 0 amide bonds. The summed E-state index contributed by atoms with van der Waals surface area (Å²) >= 11 is 0. The van der Waals surface area contributed by atoms with Gasteiger partial charge in [-0.3, -0.25) is 9.59 Å². The molecule has 0 aromatic carbocycles. The molecule has 0 fully saturated rings. The molecule has 0 aromatic rings. The monoisotopic (exact) mass is 254 g/mol. The van der Waals surface area contributed by atoms with Crippen molar-refractivity contribution in [3.63, 3.8) is 0 Å². The number of unbranched alkanes of at least 4 members (excludes halogenated alkanes) is 1. The molecule has 0 saturated heterocycles. The summed E-state index contributed by atoms with van der Waals surface area (Å²) in [7, 11) is 3.01.